The number of nitrogens with one attached hydrogen (secondary N) is 1. The molecule has 5 aliphatic rings. The van der Waals surface area contributed by atoms with Crippen LogP contribution in [0.4, 0.5) is 0 Å². The second kappa shape index (κ2) is 10.6. The van der Waals surface area contributed by atoms with Gasteiger partial charge in [-0.15, -0.1) is 23.5 Å². The first-order valence-corrected chi connectivity index (χ1v) is 14.8. The SMILES string of the molecule is CCCCN1C(=O)C2=C(C3=CCC(C4=CC(N)NC(N)=C4)S3)N(CCCC)C(=O)C2=C1C1=CCCS1. The molecule has 0 spiro atoms. The summed E-state index contributed by atoms with van der Waals surface area (Å²) in [5, 5.41) is 3.16. The van der Waals surface area contributed by atoms with Crippen molar-refractivity contribution in [2.24, 2.45) is 11.5 Å². The van der Waals surface area contributed by atoms with Gasteiger partial charge in [-0.05, 0) is 43.4 Å². The van der Waals surface area contributed by atoms with Crippen LogP contribution in [0.5, 0.6) is 0 Å². The maximum Gasteiger partial charge on any atom is 0.261 e. The van der Waals surface area contributed by atoms with E-state index in [0.29, 0.717) is 30.1 Å². The number of thioether (sulfide) groups is 2. The van der Waals surface area contributed by atoms with Crippen LogP contribution in [-0.4, -0.2) is 51.9 Å². The van der Waals surface area contributed by atoms with Gasteiger partial charge < -0.3 is 26.6 Å². The second-order valence-corrected chi connectivity index (χ2v) is 12.0. The molecule has 2 unspecified atom stereocenters. The molecule has 0 saturated heterocycles. The smallest absolute Gasteiger partial charge is 0.261 e. The Morgan fingerprint density at radius 3 is 2.19 bits per heavy atom. The molecule has 0 saturated carbocycles. The van der Waals surface area contributed by atoms with Crippen LogP contribution >= 0.6 is 23.5 Å². The van der Waals surface area contributed by atoms with Gasteiger partial charge in [0.15, 0.2) is 0 Å². The molecule has 5 aliphatic heterocycles. The van der Waals surface area contributed by atoms with E-state index in [-0.39, 0.29) is 23.2 Å². The largest absolute Gasteiger partial charge is 0.385 e. The molecule has 192 valence electrons. The van der Waals surface area contributed by atoms with E-state index in [0.717, 1.165) is 71.1 Å². The van der Waals surface area contributed by atoms with Gasteiger partial charge in [0, 0.05) is 33.9 Å². The van der Waals surface area contributed by atoms with E-state index in [1.165, 1.54) is 0 Å². The van der Waals surface area contributed by atoms with Crippen molar-refractivity contribution in [1.82, 2.24) is 15.1 Å². The molecule has 2 atom stereocenters. The van der Waals surface area contributed by atoms with Crippen LogP contribution in [0.25, 0.3) is 0 Å². The summed E-state index contributed by atoms with van der Waals surface area (Å²) in [5.41, 5.74) is 16.1. The van der Waals surface area contributed by atoms with Crippen LogP contribution in [0, 0.1) is 0 Å². The molecule has 0 aliphatic carbocycles. The summed E-state index contributed by atoms with van der Waals surface area (Å²) in [5.74, 6) is 1.50. The Morgan fingerprint density at radius 1 is 1.00 bits per heavy atom. The standard InChI is InChI=1S/C27H35N5O2S2/c1-3-5-11-31-24(18-8-7-13-35-18)22-23(27(31)34)25(32(26(22)33)12-6-4-2)19-10-9-17(36-19)16-14-20(28)30-21(29)15-16/h8,10,14-15,17,20,30H,3-7,9,11-13,28-29H2,1-2H3. The molecular weight excluding hydrogens is 490 g/mol. The van der Waals surface area contributed by atoms with Gasteiger partial charge in [-0.25, -0.2) is 0 Å². The van der Waals surface area contributed by atoms with Crippen LogP contribution in [-0.2, 0) is 9.59 Å². The number of rotatable bonds is 9. The lowest BCUT2D eigenvalue weighted by Crippen LogP contribution is -2.40. The maximum atomic E-state index is 14.0. The van der Waals surface area contributed by atoms with Gasteiger partial charge >= 0.3 is 0 Å². The number of carbonyl (C=O) groups excluding carboxylic acids is 2. The minimum atomic E-state index is -0.316. The van der Waals surface area contributed by atoms with E-state index >= 15 is 0 Å². The number of hydrogen-bond acceptors (Lipinski definition) is 7. The first-order valence-electron chi connectivity index (χ1n) is 13.0. The summed E-state index contributed by atoms with van der Waals surface area (Å²) >= 11 is 3.46. The van der Waals surface area contributed by atoms with Crippen molar-refractivity contribution in [2.45, 2.75) is 63.8 Å². The van der Waals surface area contributed by atoms with Crippen LogP contribution in [0.15, 0.2) is 68.0 Å². The average Bonchev–Trinajstić information content (AvgIpc) is 3.63. The first-order chi connectivity index (χ1) is 17.4. The number of carbonyl (C=O) groups is 2. The van der Waals surface area contributed by atoms with Crippen molar-refractivity contribution in [3.8, 4) is 0 Å². The lowest BCUT2D eigenvalue weighted by atomic mass is 10.0. The molecule has 5 heterocycles. The fourth-order valence-electron chi connectivity index (χ4n) is 5.28. The molecule has 0 radical (unpaired) electrons. The molecule has 7 nitrogen and oxygen atoms in total. The number of hydrogen-bond donors (Lipinski definition) is 3. The van der Waals surface area contributed by atoms with Gasteiger partial charge in [0.1, 0.15) is 0 Å². The number of fused-ring (bicyclic) bond motifs is 1. The highest BCUT2D eigenvalue weighted by Crippen LogP contribution is 2.51. The zero-order valence-electron chi connectivity index (χ0n) is 21.0. The minimum Gasteiger partial charge on any atom is -0.385 e. The van der Waals surface area contributed by atoms with Gasteiger partial charge in [-0.1, -0.05) is 38.8 Å². The molecule has 0 bridgehead atoms. The highest BCUT2D eigenvalue weighted by molar-refractivity contribution is 8.04. The Hall–Kier alpha value is -2.36. The Labute approximate surface area is 221 Å². The van der Waals surface area contributed by atoms with Crippen LogP contribution < -0.4 is 16.8 Å². The van der Waals surface area contributed by atoms with Crippen molar-refractivity contribution in [3.05, 3.63) is 68.0 Å². The zero-order chi connectivity index (χ0) is 25.4. The molecule has 9 heteroatoms. The van der Waals surface area contributed by atoms with Crippen molar-refractivity contribution in [2.75, 3.05) is 18.8 Å². The van der Waals surface area contributed by atoms with Gasteiger partial charge in [0.05, 0.1) is 34.5 Å². The van der Waals surface area contributed by atoms with Gasteiger partial charge in [0.25, 0.3) is 11.8 Å². The summed E-state index contributed by atoms with van der Waals surface area (Å²) in [6.45, 7) is 5.51. The molecule has 2 amide bonds. The second-order valence-electron chi connectivity index (χ2n) is 9.62. The van der Waals surface area contributed by atoms with Crippen molar-refractivity contribution < 1.29 is 9.59 Å². The molecule has 0 aromatic rings. The Morgan fingerprint density at radius 2 is 1.64 bits per heavy atom. The van der Waals surface area contributed by atoms with Crippen LogP contribution in [0.1, 0.15) is 52.4 Å². The molecule has 5 N–H and O–H groups in total. The summed E-state index contributed by atoms with van der Waals surface area (Å²) in [6, 6.07) is 0. The fraction of sp³-hybridized carbons (Fsp3) is 0.481. The van der Waals surface area contributed by atoms with Gasteiger partial charge in [0.2, 0.25) is 0 Å². The normalized spacial score (nSPS) is 26.0. The number of dihydropyridines is 1. The summed E-state index contributed by atoms with van der Waals surface area (Å²) < 4.78 is 0. The van der Waals surface area contributed by atoms with Crippen molar-refractivity contribution in [3.63, 3.8) is 0 Å². The number of unbranched alkanes of at least 4 members (excludes halogenated alkanes) is 2. The quantitative estimate of drug-likeness (QED) is 0.421. The molecule has 0 aromatic heterocycles. The van der Waals surface area contributed by atoms with Crippen LogP contribution in [0.3, 0.4) is 0 Å². The van der Waals surface area contributed by atoms with E-state index < -0.39 is 0 Å². The minimum absolute atomic E-state index is 0.0265. The lowest BCUT2D eigenvalue weighted by Gasteiger charge is -2.26. The third-order valence-corrected chi connectivity index (χ3v) is 9.48. The zero-order valence-corrected chi connectivity index (χ0v) is 22.6. The number of amides is 2. The van der Waals surface area contributed by atoms with E-state index in [2.05, 4.69) is 31.3 Å². The van der Waals surface area contributed by atoms with E-state index in [9.17, 15) is 9.59 Å². The molecule has 5 rings (SSSR count). The summed E-state index contributed by atoms with van der Waals surface area (Å²) in [4.78, 5) is 33.8. The monoisotopic (exact) mass is 525 g/mol. The third-order valence-electron chi connectivity index (χ3n) is 7.01. The molecule has 0 fully saturated rings. The summed E-state index contributed by atoms with van der Waals surface area (Å²) in [6.07, 6.45) is 13.5. The number of nitrogens with two attached hydrogens (primary N) is 2. The molecule has 36 heavy (non-hydrogen) atoms. The van der Waals surface area contributed by atoms with E-state index in [1.54, 1.807) is 23.5 Å². The van der Waals surface area contributed by atoms with E-state index in [4.69, 9.17) is 11.5 Å². The van der Waals surface area contributed by atoms with Gasteiger partial charge in [-0.2, -0.15) is 0 Å². The summed E-state index contributed by atoms with van der Waals surface area (Å²) in [7, 11) is 0. The predicted molar refractivity (Wildman–Crippen MR) is 148 cm³/mol. The molecule has 0 aromatic carbocycles. The van der Waals surface area contributed by atoms with Crippen molar-refractivity contribution >= 4 is 35.3 Å². The molecular formula is C27H35N5O2S2. The number of allylic oxidation sites excluding steroid dienone is 3. The van der Waals surface area contributed by atoms with Crippen LogP contribution in [0.2, 0.25) is 0 Å². The Bertz CT molecular complexity index is 1160. The average molecular weight is 526 g/mol. The highest BCUT2D eigenvalue weighted by Gasteiger charge is 2.50. The van der Waals surface area contributed by atoms with Crippen molar-refractivity contribution in [1.29, 1.82) is 0 Å². The predicted octanol–water partition coefficient (Wildman–Crippen LogP) is 3.80. The lowest BCUT2D eigenvalue weighted by molar-refractivity contribution is -0.124. The maximum absolute atomic E-state index is 14.0. The fourth-order valence-corrected chi connectivity index (χ4v) is 7.62. The topological polar surface area (TPSA) is 105 Å². The third kappa shape index (κ3) is 4.46. The first kappa shape index (κ1) is 25.3. The van der Waals surface area contributed by atoms with Gasteiger partial charge in [-0.3, -0.25) is 9.59 Å². The van der Waals surface area contributed by atoms with E-state index in [1.807, 2.05) is 22.0 Å². The number of nitrogens with zero attached hydrogens (tertiary/aromatic N) is 2. The Balaban J connectivity index is 1.56. The highest BCUT2D eigenvalue weighted by atomic mass is 32.2. The Kier molecular flexibility index (Phi) is 7.42.